The van der Waals surface area contributed by atoms with Gasteiger partial charge in [-0.1, -0.05) is 25.4 Å². The maximum atomic E-state index is 6.76. The van der Waals surface area contributed by atoms with E-state index in [0.29, 0.717) is 5.92 Å². The van der Waals surface area contributed by atoms with Crippen LogP contribution in [0.3, 0.4) is 0 Å². The van der Waals surface area contributed by atoms with Crippen molar-refractivity contribution in [1.29, 1.82) is 0 Å². The van der Waals surface area contributed by atoms with Gasteiger partial charge in [-0.25, -0.2) is 9.50 Å². The van der Waals surface area contributed by atoms with Crippen molar-refractivity contribution in [3.05, 3.63) is 39.5 Å². The number of nitrogens with zero attached hydrogens (tertiary/aromatic N) is 6. The zero-order chi connectivity index (χ0) is 18.4. The zero-order valence-corrected chi connectivity index (χ0v) is 17.5. The van der Waals surface area contributed by atoms with Crippen LogP contribution in [0.4, 0.5) is 5.82 Å². The summed E-state index contributed by atoms with van der Waals surface area (Å²) in [5, 5.41) is 9.77. The first-order valence-electron chi connectivity index (χ1n) is 8.94. The molecule has 0 N–H and O–H groups in total. The largest absolute Gasteiger partial charge is 0.348 e. The number of halogens is 2. The Morgan fingerprint density at radius 3 is 2.96 bits per heavy atom. The third-order valence-corrected chi connectivity index (χ3v) is 5.69. The van der Waals surface area contributed by atoms with Gasteiger partial charge >= 0.3 is 0 Å². The van der Waals surface area contributed by atoms with Gasteiger partial charge in [-0.05, 0) is 47.7 Å². The van der Waals surface area contributed by atoms with E-state index in [1.165, 1.54) is 0 Å². The third-order valence-electron chi connectivity index (χ3n) is 4.86. The number of hydrogen-bond donors (Lipinski definition) is 0. The zero-order valence-electron chi connectivity index (χ0n) is 15.2. The first-order chi connectivity index (χ1) is 12.5. The van der Waals surface area contributed by atoms with Crippen molar-refractivity contribution in [2.45, 2.75) is 46.2 Å². The Labute approximate surface area is 166 Å². The van der Waals surface area contributed by atoms with E-state index in [4.69, 9.17) is 16.7 Å². The summed E-state index contributed by atoms with van der Waals surface area (Å²) in [6.07, 6.45) is 5.71. The van der Waals surface area contributed by atoms with Crippen molar-refractivity contribution in [2.24, 2.45) is 5.92 Å². The highest BCUT2D eigenvalue weighted by atomic mass is 79.9. The molecule has 0 bridgehead atoms. The van der Waals surface area contributed by atoms with Gasteiger partial charge in [0, 0.05) is 29.3 Å². The van der Waals surface area contributed by atoms with E-state index in [0.717, 1.165) is 58.1 Å². The van der Waals surface area contributed by atoms with Gasteiger partial charge in [-0.3, -0.25) is 4.68 Å². The predicted molar refractivity (Wildman–Crippen MR) is 107 cm³/mol. The highest BCUT2D eigenvalue weighted by Crippen LogP contribution is 2.41. The van der Waals surface area contributed by atoms with E-state index < -0.39 is 0 Å². The summed E-state index contributed by atoms with van der Waals surface area (Å²) in [6.45, 7) is 8.19. The van der Waals surface area contributed by atoms with Gasteiger partial charge in [-0.2, -0.15) is 10.2 Å². The Balaban J connectivity index is 1.77. The van der Waals surface area contributed by atoms with E-state index >= 15 is 0 Å². The highest BCUT2D eigenvalue weighted by molar-refractivity contribution is 9.10. The van der Waals surface area contributed by atoms with Crippen LogP contribution in [0.5, 0.6) is 0 Å². The Morgan fingerprint density at radius 2 is 2.19 bits per heavy atom. The second-order valence-electron chi connectivity index (χ2n) is 7.29. The molecular formula is C18H22BrClN6. The summed E-state index contributed by atoms with van der Waals surface area (Å²) in [6, 6.07) is 2.25. The Hall–Kier alpha value is -1.60. The quantitative estimate of drug-likeness (QED) is 0.596. The van der Waals surface area contributed by atoms with E-state index in [-0.39, 0.29) is 6.04 Å². The molecule has 26 heavy (non-hydrogen) atoms. The molecule has 3 aromatic rings. The van der Waals surface area contributed by atoms with Crippen LogP contribution in [0.25, 0.3) is 5.52 Å². The minimum absolute atomic E-state index is 0.191. The fourth-order valence-corrected chi connectivity index (χ4v) is 4.62. The smallest absolute Gasteiger partial charge is 0.157 e. The summed E-state index contributed by atoms with van der Waals surface area (Å²) in [4.78, 5) is 6.94. The summed E-state index contributed by atoms with van der Waals surface area (Å²) < 4.78 is 4.80. The van der Waals surface area contributed by atoms with Crippen LogP contribution in [-0.4, -0.2) is 30.9 Å². The summed E-state index contributed by atoms with van der Waals surface area (Å²) in [5.74, 6) is 1.44. The van der Waals surface area contributed by atoms with Crippen LogP contribution >= 0.6 is 27.5 Å². The van der Waals surface area contributed by atoms with Gasteiger partial charge in [0.25, 0.3) is 0 Å². The molecule has 0 saturated carbocycles. The van der Waals surface area contributed by atoms with Crippen molar-refractivity contribution < 1.29 is 0 Å². The molecule has 1 aliphatic rings. The van der Waals surface area contributed by atoms with Crippen molar-refractivity contribution in [2.75, 3.05) is 11.4 Å². The summed E-state index contributed by atoms with van der Waals surface area (Å²) in [5.41, 5.74) is 3.14. The Kier molecular flexibility index (Phi) is 4.69. The molecule has 0 aromatic carbocycles. The predicted octanol–water partition coefficient (Wildman–Crippen LogP) is 4.65. The summed E-state index contributed by atoms with van der Waals surface area (Å²) in [7, 11) is 0. The molecule has 138 valence electrons. The van der Waals surface area contributed by atoms with Crippen LogP contribution in [0.1, 0.15) is 44.0 Å². The van der Waals surface area contributed by atoms with Crippen LogP contribution in [0, 0.1) is 12.8 Å². The van der Waals surface area contributed by atoms with Crippen LogP contribution < -0.4 is 4.90 Å². The molecule has 4 heterocycles. The number of fused-ring (bicyclic) bond motifs is 1. The molecule has 1 saturated heterocycles. The van der Waals surface area contributed by atoms with E-state index in [2.05, 4.69) is 57.8 Å². The van der Waals surface area contributed by atoms with Gasteiger partial charge in [0.2, 0.25) is 0 Å². The fraction of sp³-hybridized carbons (Fsp3) is 0.500. The lowest BCUT2D eigenvalue weighted by atomic mass is 10.1. The lowest BCUT2D eigenvalue weighted by Gasteiger charge is -2.26. The molecule has 1 fully saturated rings. The Bertz CT molecular complexity index is 947. The molecular weight excluding hydrogens is 416 g/mol. The number of aryl methyl sites for hydroxylation is 1. The fourth-order valence-electron chi connectivity index (χ4n) is 3.84. The molecule has 0 aliphatic carbocycles. The molecule has 6 nitrogen and oxygen atoms in total. The van der Waals surface area contributed by atoms with Crippen molar-refractivity contribution in [3.8, 4) is 0 Å². The molecule has 8 heteroatoms. The topological polar surface area (TPSA) is 51.2 Å². The molecule has 1 aliphatic heterocycles. The SMILES string of the molecule is Cc1nn(CC(C)C)c(Cl)c1C1CCCN1c1ncnn2cc(Br)cc12. The highest BCUT2D eigenvalue weighted by Gasteiger charge is 2.33. The van der Waals surface area contributed by atoms with Gasteiger partial charge < -0.3 is 4.90 Å². The number of anilines is 1. The van der Waals surface area contributed by atoms with Crippen LogP contribution in [0.2, 0.25) is 5.15 Å². The number of aromatic nitrogens is 5. The molecule has 0 amide bonds. The van der Waals surface area contributed by atoms with E-state index in [1.54, 1.807) is 6.33 Å². The van der Waals surface area contributed by atoms with E-state index in [1.807, 2.05) is 15.4 Å². The van der Waals surface area contributed by atoms with Crippen molar-refractivity contribution >= 4 is 38.9 Å². The second-order valence-corrected chi connectivity index (χ2v) is 8.56. The third kappa shape index (κ3) is 3.01. The van der Waals surface area contributed by atoms with Gasteiger partial charge in [0.15, 0.2) is 5.82 Å². The molecule has 1 unspecified atom stereocenters. The number of rotatable bonds is 4. The first-order valence-corrected chi connectivity index (χ1v) is 10.1. The van der Waals surface area contributed by atoms with E-state index in [9.17, 15) is 0 Å². The van der Waals surface area contributed by atoms with Crippen molar-refractivity contribution in [3.63, 3.8) is 0 Å². The first kappa shape index (κ1) is 17.8. The lowest BCUT2D eigenvalue weighted by Crippen LogP contribution is -2.25. The lowest BCUT2D eigenvalue weighted by molar-refractivity contribution is 0.481. The Morgan fingerprint density at radius 1 is 1.38 bits per heavy atom. The molecule has 0 spiro atoms. The van der Waals surface area contributed by atoms with Crippen LogP contribution in [-0.2, 0) is 6.54 Å². The minimum Gasteiger partial charge on any atom is -0.348 e. The van der Waals surface area contributed by atoms with Crippen molar-refractivity contribution in [1.82, 2.24) is 24.4 Å². The standard InChI is InChI=1S/C18H22BrClN6/c1-11(2)8-26-17(20)16(12(3)23-26)14-5-4-6-24(14)18-15-7-13(19)9-25(15)22-10-21-18/h7,9-11,14H,4-6,8H2,1-3H3. The average molecular weight is 438 g/mol. The minimum atomic E-state index is 0.191. The summed E-state index contributed by atoms with van der Waals surface area (Å²) >= 11 is 10.3. The molecule has 4 rings (SSSR count). The monoisotopic (exact) mass is 436 g/mol. The van der Waals surface area contributed by atoms with Gasteiger partial charge in [0.1, 0.15) is 17.0 Å². The van der Waals surface area contributed by atoms with Gasteiger partial charge in [0.05, 0.1) is 11.7 Å². The molecule has 0 radical (unpaired) electrons. The average Bonchev–Trinajstić information content (AvgIpc) is 3.24. The van der Waals surface area contributed by atoms with Gasteiger partial charge in [-0.15, -0.1) is 0 Å². The number of hydrogen-bond acceptors (Lipinski definition) is 4. The second kappa shape index (κ2) is 6.85. The molecule has 1 atom stereocenters. The molecule has 3 aromatic heterocycles. The maximum Gasteiger partial charge on any atom is 0.157 e. The normalized spacial score (nSPS) is 17.8. The van der Waals surface area contributed by atoms with Crippen LogP contribution in [0.15, 0.2) is 23.1 Å². The maximum absolute atomic E-state index is 6.76.